The van der Waals surface area contributed by atoms with Gasteiger partial charge < -0.3 is 26.0 Å². The van der Waals surface area contributed by atoms with Gasteiger partial charge in [0.25, 0.3) is 0 Å². The van der Waals surface area contributed by atoms with E-state index in [0.717, 1.165) is 11.5 Å². The average molecular weight is 479 g/mol. The van der Waals surface area contributed by atoms with E-state index < -0.39 is 30.0 Å². The topological polar surface area (TPSA) is 131 Å². The molecule has 0 saturated carbocycles. The molecule has 0 aliphatic carbocycles. The third-order valence-corrected chi connectivity index (χ3v) is 4.42. The van der Waals surface area contributed by atoms with Crippen molar-refractivity contribution >= 4 is 23.8 Å². The van der Waals surface area contributed by atoms with Crippen molar-refractivity contribution in [3.8, 4) is 0 Å². The summed E-state index contributed by atoms with van der Waals surface area (Å²) < 4.78 is 5.14. The Bertz CT molecular complexity index is 752. The first kappa shape index (κ1) is 30.9. The third-order valence-electron chi connectivity index (χ3n) is 4.42. The van der Waals surface area contributed by atoms with E-state index in [4.69, 9.17) is 10.5 Å². The van der Waals surface area contributed by atoms with Gasteiger partial charge in [-0.15, -0.1) is 0 Å². The monoisotopic (exact) mass is 478 g/mol. The van der Waals surface area contributed by atoms with Crippen molar-refractivity contribution < 1.29 is 23.9 Å². The number of carbonyl (C=O) groups excluding carboxylic acids is 4. The Morgan fingerprint density at radius 3 is 2.26 bits per heavy atom. The van der Waals surface area contributed by atoms with Gasteiger partial charge in [-0.3, -0.25) is 14.4 Å². The van der Waals surface area contributed by atoms with Crippen LogP contribution in [0.3, 0.4) is 0 Å². The van der Waals surface area contributed by atoms with Crippen LogP contribution in [0.2, 0.25) is 0 Å². The zero-order chi connectivity index (χ0) is 26.1. The zero-order valence-electron chi connectivity index (χ0n) is 21.4. The van der Waals surface area contributed by atoms with Crippen LogP contribution < -0.4 is 16.4 Å². The van der Waals surface area contributed by atoms with Gasteiger partial charge in [-0.1, -0.05) is 78.3 Å². The molecule has 1 fully saturated rings. The normalized spacial score (nSPS) is 15.3. The molecule has 2 rings (SSSR count). The summed E-state index contributed by atoms with van der Waals surface area (Å²) in [6, 6.07) is 7.75. The lowest BCUT2D eigenvalue weighted by molar-refractivity contribution is -0.139. The molecule has 1 aromatic rings. The molecule has 9 heteroatoms. The van der Waals surface area contributed by atoms with Crippen LogP contribution in [0.5, 0.6) is 0 Å². The first-order chi connectivity index (χ1) is 16.1. The van der Waals surface area contributed by atoms with E-state index >= 15 is 0 Å². The summed E-state index contributed by atoms with van der Waals surface area (Å²) in [5.41, 5.74) is 5.89. The molecule has 0 spiro atoms. The number of nitrogens with one attached hydrogen (secondary N) is 2. The van der Waals surface area contributed by atoms with Gasteiger partial charge in [0.2, 0.25) is 17.7 Å². The van der Waals surface area contributed by atoms with Gasteiger partial charge in [0.15, 0.2) is 0 Å². The van der Waals surface area contributed by atoms with Crippen molar-refractivity contribution in [1.82, 2.24) is 15.5 Å². The molecule has 0 radical (unpaired) electrons. The van der Waals surface area contributed by atoms with Crippen LogP contribution in [-0.4, -0.2) is 53.9 Å². The fourth-order valence-corrected chi connectivity index (χ4v) is 3.05. The molecule has 34 heavy (non-hydrogen) atoms. The van der Waals surface area contributed by atoms with Crippen LogP contribution in [-0.2, 0) is 25.7 Å². The summed E-state index contributed by atoms with van der Waals surface area (Å²) in [5.74, 6) is -0.595. The number of nitrogens with two attached hydrogens (primary N) is 1. The van der Waals surface area contributed by atoms with Crippen LogP contribution in [0.1, 0.15) is 66.4 Å². The van der Waals surface area contributed by atoms with E-state index in [-0.39, 0.29) is 19.1 Å². The van der Waals surface area contributed by atoms with Gasteiger partial charge in [-0.05, 0) is 24.3 Å². The lowest BCUT2D eigenvalue weighted by atomic mass is 10.1. The average Bonchev–Trinajstić information content (AvgIpc) is 3.15. The number of likely N-dealkylation sites (tertiary alicyclic amines) is 1. The second-order valence-corrected chi connectivity index (χ2v) is 8.30. The molecule has 2 atom stereocenters. The Kier molecular flexibility index (Phi) is 15.8. The molecule has 1 saturated heterocycles. The first-order valence-electron chi connectivity index (χ1n) is 12.0. The Morgan fingerprint density at radius 2 is 1.74 bits per heavy atom. The van der Waals surface area contributed by atoms with E-state index in [1.807, 2.05) is 51.1 Å². The number of alkyl carbamates (subject to hydrolysis) is 1. The van der Waals surface area contributed by atoms with E-state index in [2.05, 4.69) is 31.4 Å². The standard InChI is InChI=1S/C19H26N4O5.C4H10.C2H6/c1-2-6-15(17(25)21-11-16(20)24)23-10-9-14(18(23)26)22-19(27)28-12-13-7-4-3-5-8-13;1-4(2)3;1-2/h3-5,7-8,14-15H,2,6,9-12H2,1H3,(H2,20,24)(H,21,25)(H,22,27);4H,1-3H3;1-2H3/t14-,15+;;/m1../s1. The van der Waals surface area contributed by atoms with E-state index in [1.54, 1.807) is 0 Å². The summed E-state index contributed by atoms with van der Waals surface area (Å²) in [5, 5.41) is 5.00. The number of carbonyl (C=O) groups is 4. The minimum absolute atomic E-state index is 0.102. The molecule has 9 nitrogen and oxygen atoms in total. The molecule has 0 bridgehead atoms. The highest BCUT2D eigenvalue weighted by Gasteiger charge is 2.39. The van der Waals surface area contributed by atoms with Crippen LogP contribution in [0.15, 0.2) is 30.3 Å². The number of rotatable bonds is 9. The maximum absolute atomic E-state index is 12.7. The first-order valence-corrected chi connectivity index (χ1v) is 12.0. The predicted octanol–water partition coefficient (Wildman–Crippen LogP) is 2.97. The number of amides is 4. The fourth-order valence-electron chi connectivity index (χ4n) is 3.05. The number of hydrogen-bond donors (Lipinski definition) is 3. The van der Waals surface area contributed by atoms with Crippen molar-refractivity contribution in [2.45, 2.75) is 79.5 Å². The molecular formula is C25H42N4O5. The fraction of sp³-hybridized carbons (Fsp3) is 0.600. The Hall–Kier alpha value is -3.10. The maximum Gasteiger partial charge on any atom is 0.408 e. The van der Waals surface area contributed by atoms with Gasteiger partial charge in [0.05, 0.1) is 6.54 Å². The quantitative estimate of drug-likeness (QED) is 0.502. The van der Waals surface area contributed by atoms with Crippen molar-refractivity contribution in [3.63, 3.8) is 0 Å². The van der Waals surface area contributed by atoms with Crippen LogP contribution in [0.4, 0.5) is 4.79 Å². The van der Waals surface area contributed by atoms with Gasteiger partial charge in [0, 0.05) is 6.54 Å². The van der Waals surface area contributed by atoms with Crippen molar-refractivity contribution in [2.75, 3.05) is 13.1 Å². The predicted molar refractivity (Wildman–Crippen MR) is 133 cm³/mol. The molecule has 4 N–H and O–H groups in total. The SMILES string of the molecule is CC.CC(C)C.CCC[C@@H](C(=O)NCC(N)=O)N1CC[C@@H](NC(=O)OCc2ccccc2)C1=O. The van der Waals surface area contributed by atoms with Crippen LogP contribution in [0, 0.1) is 5.92 Å². The van der Waals surface area contributed by atoms with Crippen molar-refractivity contribution in [2.24, 2.45) is 11.7 Å². The molecule has 0 aromatic heterocycles. The summed E-state index contributed by atoms with van der Waals surface area (Å²) in [6.45, 7) is 12.5. The second-order valence-electron chi connectivity index (χ2n) is 8.30. The van der Waals surface area contributed by atoms with Crippen LogP contribution >= 0.6 is 0 Å². The smallest absolute Gasteiger partial charge is 0.408 e. The highest BCUT2D eigenvalue weighted by Crippen LogP contribution is 2.18. The minimum Gasteiger partial charge on any atom is -0.445 e. The molecule has 0 unspecified atom stereocenters. The highest BCUT2D eigenvalue weighted by atomic mass is 16.5. The summed E-state index contributed by atoms with van der Waals surface area (Å²) in [4.78, 5) is 49.3. The number of benzene rings is 1. The number of ether oxygens (including phenoxy) is 1. The summed E-state index contributed by atoms with van der Waals surface area (Å²) >= 11 is 0. The van der Waals surface area contributed by atoms with E-state index in [9.17, 15) is 19.2 Å². The lowest BCUT2D eigenvalue weighted by Crippen LogP contribution is -2.51. The molecule has 4 amide bonds. The number of hydrogen-bond acceptors (Lipinski definition) is 5. The zero-order valence-corrected chi connectivity index (χ0v) is 21.4. The molecule has 1 aromatic carbocycles. The Morgan fingerprint density at radius 1 is 1.15 bits per heavy atom. The third kappa shape index (κ3) is 12.2. The van der Waals surface area contributed by atoms with Gasteiger partial charge in [-0.25, -0.2) is 4.79 Å². The lowest BCUT2D eigenvalue weighted by Gasteiger charge is -2.27. The van der Waals surface area contributed by atoms with Crippen molar-refractivity contribution in [3.05, 3.63) is 35.9 Å². The van der Waals surface area contributed by atoms with Crippen molar-refractivity contribution in [1.29, 1.82) is 0 Å². The highest BCUT2D eigenvalue weighted by molar-refractivity contribution is 5.93. The molecular weight excluding hydrogens is 436 g/mol. The van der Waals surface area contributed by atoms with Gasteiger partial charge in [-0.2, -0.15) is 0 Å². The van der Waals surface area contributed by atoms with E-state index in [0.29, 0.717) is 25.8 Å². The molecule has 192 valence electrons. The van der Waals surface area contributed by atoms with Crippen LogP contribution in [0.25, 0.3) is 0 Å². The minimum atomic E-state index is -0.744. The van der Waals surface area contributed by atoms with E-state index in [1.165, 1.54) is 4.90 Å². The molecule has 1 aliphatic heterocycles. The largest absolute Gasteiger partial charge is 0.445 e. The number of nitrogens with zero attached hydrogens (tertiary/aromatic N) is 1. The Labute approximate surface area is 203 Å². The molecule has 1 aliphatic rings. The maximum atomic E-state index is 12.7. The second kappa shape index (κ2) is 17.4. The Balaban J connectivity index is 0.00000164. The van der Waals surface area contributed by atoms with Gasteiger partial charge in [0.1, 0.15) is 18.7 Å². The number of primary amides is 1. The van der Waals surface area contributed by atoms with Gasteiger partial charge >= 0.3 is 6.09 Å². The summed E-state index contributed by atoms with van der Waals surface area (Å²) in [7, 11) is 0. The molecule has 1 heterocycles. The summed E-state index contributed by atoms with van der Waals surface area (Å²) in [6.07, 6.45) is 0.814.